The van der Waals surface area contributed by atoms with Crippen molar-refractivity contribution in [2.75, 3.05) is 0 Å². The number of thiol groups is 1. The van der Waals surface area contributed by atoms with Crippen LogP contribution in [0, 0.1) is 11.3 Å². The third-order valence-electron chi connectivity index (χ3n) is 4.52. The van der Waals surface area contributed by atoms with Gasteiger partial charge in [0.2, 0.25) is 5.78 Å². The molecule has 1 aliphatic heterocycles. The summed E-state index contributed by atoms with van der Waals surface area (Å²) in [6.45, 7) is 0. The number of nitrogens with one attached hydrogen (secondary N) is 1. The standard InChI is InChI=1S/C19H23NOS/c20-18(14-15-6-2-1-3-7-15)19(21)16-8-10-17(11-9-16)22-12-4-5-13-22/h4-5,8-13,15,20,22H,1-3,6-7,14H2. The van der Waals surface area contributed by atoms with Gasteiger partial charge in [0.25, 0.3) is 0 Å². The van der Waals surface area contributed by atoms with Crippen LogP contribution in [0.15, 0.2) is 52.1 Å². The fourth-order valence-corrected chi connectivity index (χ4v) is 4.75. The van der Waals surface area contributed by atoms with Crippen LogP contribution in [0.5, 0.6) is 0 Å². The van der Waals surface area contributed by atoms with Gasteiger partial charge in [0, 0.05) is 5.56 Å². The van der Waals surface area contributed by atoms with Crippen LogP contribution in [-0.2, 0) is 0 Å². The SMILES string of the molecule is N=C(CC1CCCCC1)C(=O)c1ccc([SH]2C=CC=C2)cc1. The predicted molar refractivity (Wildman–Crippen MR) is 95.2 cm³/mol. The van der Waals surface area contributed by atoms with E-state index in [0.717, 1.165) is 0 Å². The number of rotatable bonds is 5. The number of ketones is 1. The first-order chi connectivity index (χ1) is 10.7. The van der Waals surface area contributed by atoms with Crippen LogP contribution >= 0.6 is 10.9 Å². The first kappa shape index (κ1) is 15.3. The highest BCUT2D eigenvalue weighted by Crippen LogP contribution is 2.41. The Labute approximate surface area is 135 Å². The molecule has 2 aliphatic rings. The number of hydrogen-bond donors (Lipinski definition) is 2. The van der Waals surface area contributed by atoms with E-state index in [0.29, 0.717) is 17.9 Å². The second-order valence-electron chi connectivity index (χ2n) is 6.15. The molecule has 0 aromatic heterocycles. The molecular formula is C19H23NOS. The average Bonchev–Trinajstić information content (AvgIpc) is 3.10. The number of carbonyl (C=O) groups excluding carboxylic acids is 1. The zero-order valence-electron chi connectivity index (χ0n) is 12.8. The van der Waals surface area contributed by atoms with Gasteiger partial charge in [-0.1, -0.05) is 44.3 Å². The van der Waals surface area contributed by atoms with Gasteiger partial charge in [-0.05, 0) is 52.3 Å². The summed E-state index contributed by atoms with van der Waals surface area (Å²) in [6.07, 6.45) is 11.0. The highest BCUT2D eigenvalue weighted by atomic mass is 32.2. The molecule has 2 nitrogen and oxygen atoms in total. The van der Waals surface area contributed by atoms with Gasteiger partial charge in [-0.2, -0.15) is 10.9 Å². The normalized spacial score (nSPS) is 19.5. The lowest BCUT2D eigenvalue weighted by atomic mass is 9.84. The second kappa shape index (κ2) is 7.10. The van der Waals surface area contributed by atoms with Gasteiger partial charge in [-0.15, -0.1) is 0 Å². The molecule has 1 aromatic carbocycles. The summed E-state index contributed by atoms with van der Waals surface area (Å²) in [6, 6.07) is 7.84. The maximum Gasteiger partial charge on any atom is 0.206 e. The molecule has 0 spiro atoms. The van der Waals surface area contributed by atoms with Crippen molar-refractivity contribution < 1.29 is 4.79 Å². The van der Waals surface area contributed by atoms with E-state index >= 15 is 0 Å². The Morgan fingerprint density at radius 3 is 2.32 bits per heavy atom. The molecule has 0 radical (unpaired) electrons. The Morgan fingerprint density at radius 2 is 1.68 bits per heavy atom. The molecule has 0 unspecified atom stereocenters. The number of hydrogen-bond acceptors (Lipinski definition) is 2. The summed E-state index contributed by atoms with van der Waals surface area (Å²) in [4.78, 5) is 13.7. The van der Waals surface area contributed by atoms with Crippen LogP contribution in [0.1, 0.15) is 48.9 Å². The minimum Gasteiger partial charge on any atom is -0.301 e. The Balaban J connectivity index is 1.62. The molecule has 0 bridgehead atoms. The van der Waals surface area contributed by atoms with E-state index in [1.54, 1.807) is 0 Å². The fraction of sp³-hybridized carbons (Fsp3) is 0.368. The molecule has 22 heavy (non-hydrogen) atoms. The van der Waals surface area contributed by atoms with Crippen LogP contribution in [0.4, 0.5) is 0 Å². The molecule has 0 saturated heterocycles. The molecule has 1 saturated carbocycles. The number of carbonyl (C=O) groups is 1. The molecule has 1 aromatic rings. The van der Waals surface area contributed by atoms with Crippen molar-refractivity contribution in [2.24, 2.45) is 5.92 Å². The number of Topliss-reactive ketones (excluding diaryl/α,β-unsaturated/α-hetero) is 1. The van der Waals surface area contributed by atoms with Gasteiger partial charge in [-0.25, -0.2) is 0 Å². The van der Waals surface area contributed by atoms with E-state index in [1.165, 1.54) is 37.0 Å². The van der Waals surface area contributed by atoms with Gasteiger partial charge < -0.3 is 5.41 Å². The largest absolute Gasteiger partial charge is 0.301 e. The third kappa shape index (κ3) is 3.58. The summed E-state index contributed by atoms with van der Waals surface area (Å²) in [5.41, 5.74) is 0.942. The van der Waals surface area contributed by atoms with Crippen molar-refractivity contribution in [3.8, 4) is 0 Å². The van der Waals surface area contributed by atoms with Crippen molar-refractivity contribution in [1.29, 1.82) is 5.41 Å². The van der Waals surface area contributed by atoms with Gasteiger partial charge in [-0.3, -0.25) is 4.79 Å². The Morgan fingerprint density at radius 1 is 1.05 bits per heavy atom. The smallest absolute Gasteiger partial charge is 0.206 e. The topological polar surface area (TPSA) is 40.9 Å². The van der Waals surface area contributed by atoms with Gasteiger partial charge in [0.05, 0.1) is 5.71 Å². The van der Waals surface area contributed by atoms with E-state index in [4.69, 9.17) is 5.41 Å². The molecule has 3 rings (SSSR count). The maximum atomic E-state index is 12.4. The highest BCUT2D eigenvalue weighted by molar-refractivity contribution is 8.22. The van der Waals surface area contributed by atoms with Gasteiger partial charge >= 0.3 is 0 Å². The first-order valence-corrected chi connectivity index (χ1v) is 9.57. The van der Waals surface area contributed by atoms with E-state index in [2.05, 4.69) is 23.0 Å². The summed E-state index contributed by atoms with van der Waals surface area (Å²) >= 11 is 0. The van der Waals surface area contributed by atoms with Crippen molar-refractivity contribution in [1.82, 2.24) is 0 Å². The van der Waals surface area contributed by atoms with Gasteiger partial charge in [0.15, 0.2) is 0 Å². The first-order valence-electron chi connectivity index (χ1n) is 8.09. The summed E-state index contributed by atoms with van der Waals surface area (Å²) < 4.78 is 0. The van der Waals surface area contributed by atoms with Crippen molar-refractivity contribution in [3.05, 3.63) is 52.8 Å². The fourth-order valence-electron chi connectivity index (χ4n) is 3.24. The van der Waals surface area contributed by atoms with Crippen LogP contribution in [0.3, 0.4) is 0 Å². The Bertz CT molecular complexity index is 597. The number of benzene rings is 1. The predicted octanol–water partition coefficient (Wildman–Crippen LogP) is 5.26. The van der Waals surface area contributed by atoms with E-state index in [9.17, 15) is 4.79 Å². The highest BCUT2D eigenvalue weighted by Gasteiger charge is 2.20. The maximum absolute atomic E-state index is 12.4. The van der Waals surface area contributed by atoms with E-state index < -0.39 is 0 Å². The van der Waals surface area contributed by atoms with E-state index in [1.807, 2.05) is 24.3 Å². The molecule has 1 N–H and O–H groups in total. The number of allylic oxidation sites excluding steroid dienone is 2. The Hall–Kier alpha value is -1.61. The quantitative estimate of drug-likeness (QED) is 0.434. The second-order valence-corrected chi connectivity index (χ2v) is 8.08. The van der Waals surface area contributed by atoms with Crippen LogP contribution in [0.2, 0.25) is 0 Å². The lowest BCUT2D eigenvalue weighted by Gasteiger charge is -2.21. The third-order valence-corrected chi connectivity index (χ3v) is 6.40. The molecule has 116 valence electrons. The molecule has 1 heterocycles. The monoisotopic (exact) mass is 313 g/mol. The van der Waals surface area contributed by atoms with Gasteiger partial charge in [0.1, 0.15) is 0 Å². The summed E-state index contributed by atoms with van der Waals surface area (Å²) in [5.74, 6) is 0.448. The average molecular weight is 313 g/mol. The lowest BCUT2D eigenvalue weighted by molar-refractivity contribution is 0.106. The molecule has 0 amide bonds. The summed E-state index contributed by atoms with van der Waals surface area (Å²) in [7, 11) is -0.327. The zero-order chi connectivity index (χ0) is 15.4. The minimum absolute atomic E-state index is 0.0950. The molecule has 3 heteroatoms. The van der Waals surface area contributed by atoms with Crippen molar-refractivity contribution >= 4 is 22.4 Å². The molecule has 0 atom stereocenters. The molecule has 1 aliphatic carbocycles. The van der Waals surface area contributed by atoms with Crippen LogP contribution < -0.4 is 0 Å². The lowest BCUT2D eigenvalue weighted by Crippen LogP contribution is -2.19. The van der Waals surface area contributed by atoms with Crippen LogP contribution in [0.25, 0.3) is 0 Å². The van der Waals surface area contributed by atoms with E-state index in [-0.39, 0.29) is 22.4 Å². The van der Waals surface area contributed by atoms with Crippen LogP contribution in [-0.4, -0.2) is 11.5 Å². The minimum atomic E-state index is -0.327. The Kier molecular flexibility index (Phi) is 4.94. The van der Waals surface area contributed by atoms with Crippen molar-refractivity contribution in [3.63, 3.8) is 0 Å². The molecular weight excluding hydrogens is 290 g/mol. The molecule has 1 fully saturated rings. The van der Waals surface area contributed by atoms with Crippen molar-refractivity contribution in [2.45, 2.75) is 43.4 Å². The zero-order valence-corrected chi connectivity index (χ0v) is 13.7. The summed E-state index contributed by atoms with van der Waals surface area (Å²) in [5, 5.41) is 12.5.